The Bertz CT molecular complexity index is 761. The van der Waals surface area contributed by atoms with Crippen molar-refractivity contribution >= 4 is 34.6 Å². The molecule has 2 aromatic rings. The van der Waals surface area contributed by atoms with Crippen molar-refractivity contribution in [3.05, 3.63) is 35.1 Å². The first-order valence-electron chi connectivity index (χ1n) is 6.29. The summed E-state index contributed by atoms with van der Waals surface area (Å²) in [4.78, 5) is 8.32. The number of rotatable bonds is 5. The fourth-order valence-corrected chi connectivity index (χ4v) is 1.93. The summed E-state index contributed by atoms with van der Waals surface area (Å²) < 4.78 is 0. The highest BCUT2D eigenvalue weighted by Crippen LogP contribution is 2.27. The fraction of sp³-hybridized carbons (Fsp3) is 0.143. The maximum Gasteiger partial charge on any atom is 0.150 e. The third-order valence-corrected chi connectivity index (χ3v) is 3.04. The molecule has 2 heterocycles. The van der Waals surface area contributed by atoms with Crippen LogP contribution < -0.4 is 16.0 Å². The zero-order chi connectivity index (χ0) is 15.9. The second-order valence-electron chi connectivity index (χ2n) is 4.17. The number of nitrogens with one attached hydrogen (secondary N) is 3. The number of halogens is 1. The highest BCUT2D eigenvalue weighted by Gasteiger charge is 2.08. The van der Waals surface area contributed by atoms with E-state index in [1.807, 2.05) is 12.1 Å². The highest BCUT2D eigenvalue weighted by atomic mass is 35.5. The van der Waals surface area contributed by atoms with E-state index in [2.05, 4.69) is 25.9 Å². The third-order valence-electron chi connectivity index (χ3n) is 2.75. The van der Waals surface area contributed by atoms with Crippen LogP contribution >= 0.6 is 11.6 Å². The Morgan fingerprint density at radius 3 is 2.64 bits per heavy atom. The zero-order valence-electron chi connectivity index (χ0n) is 11.7. The van der Waals surface area contributed by atoms with Crippen LogP contribution in [0, 0.1) is 22.7 Å². The molecule has 0 aromatic carbocycles. The molecule has 0 bridgehead atoms. The number of nitrogens with zero attached hydrogens (tertiary/aromatic N) is 4. The van der Waals surface area contributed by atoms with Crippen molar-refractivity contribution in [3.63, 3.8) is 0 Å². The molecule has 0 fully saturated rings. The van der Waals surface area contributed by atoms with Gasteiger partial charge in [0.15, 0.2) is 0 Å². The number of aromatic nitrogens is 2. The van der Waals surface area contributed by atoms with Crippen LogP contribution in [0.5, 0.6) is 0 Å². The van der Waals surface area contributed by atoms with E-state index in [9.17, 15) is 0 Å². The normalized spacial score (nSPS) is 9.45. The lowest BCUT2D eigenvalue weighted by Crippen LogP contribution is -2.05. The molecule has 2 rings (SSSR count). The Kier molecular flexibility index (Phi) is 4.97. The minimum absolute atomic E-state index is 0.175. The lowest BCUT2D eigenvalue weighted by molar-refractivity contribution is 1.23. The van der Waals surface area contributed by atoms with Crippen molar-refractivity contribution in [3.8, 4) is 12.1 Å². The van der Waals surface area contributed by atoms with Gasteiger partial charge in [-0.2, -0.15) is 10.5 Å². The molecule has 0 spiro atoms. The molecule has 0 atom stereocenters. The van der Waals surface area contributed by atoms with E-state index in [4.69, 9.17) is 22.1 Å². The lowest BCUT2D eigenvalue weighted by atomic mass is 10.3. The van der Waals surface area contributed by atoms with E-state index in [-0.39, 0.29) is 6.54 Å². The summed E-state index contributed by atoms with van der Waals surface area (Å²) in [5.41, 5.74) is 1.87. The number of pyridine rings is 2. The first-order chi connectivity index (χ1) is 10.7. The summed E-state index contributed by atoms with van der Waals surface area (Å²) in [6, 6.07) is 7.24. The van der Waals surface area contributed by atoms with Crippen LogP contribution in [0.25, 0.3) is 0 Å². The van der Waals surface area contributed by atoms with Crippen molar-refractivity contribution in [1.29, 1.82) is 10.5 Å². The molecule has 0 saturated carbocycles. The van der Waals surface area contributed by atoms with Crippen LogP contribution in [-0.2, 0) is 0 Å². The first kappa shape index (κ1) is 15.4. The Hall–Kier alpha value is -3.03. The average molecular weight is 314 g/mol. The Labute approximate surface area is 132 Å². The van der Waals surface area contributed by atoms with Crippen LogP contribution in [0.1, 0.15) is 5.56 Å². The van der Waals surface area contributed by atoms with Crippen molar-refractivity contribution in [2.45, 2.75) is 0 Å². The quantitative estimate of drug-likeness (QED) is 0.728. The standard InChI is InChI=1S/C14H12ClN7/c1-18-12-8-20-13(5-11(12)19-3-2-16)22-14-10(15)4-9(6-17)7-21-14/h4-5,7-8,18H,3H2,1H3,(H2,19,20,21,22). The van der Waals surface area contributed by atoms with Crippen molar-refractivity contribution < 1.29 is 0 Å². The van der Waals surface area contributed by atoms with Crippen LogP contribution in [-0.4, -0.2) is 23.6 Å². The van der Waals surface area contributed by atoms with E-state index in [1.165, 1.54) is 12.3 Å². The predicted molar refractivity (Wildman–Crippen MR) is 85.1 cm³/mol. The molecule has 22 heavy (non-hydrogen) atoms. The number of nitriles is 2. The Morgan fingerprint density at radius 2 is 2.00 bits per heavy atom. The van der Waals surface area contributed by atoms with Crippen LogP contribution in [0.3, 0.4) is 0 Å². The van der Waals surface area contributed by atoms with Gasteiger partial charge in [-0.05, 0) is 6.07 Å². The smallest absolute Gasteiger partial charge is 0.150 e. The van der Waals surface area contributed by atoms with E-state index >= 15 is 0 Å². The summed E-state index contributed by atoms with van der Waals surface area (Å²) >= 11 is 6.07. The molecule has 0 aliphatic carbocycles. The van der Waals surface area contributed by atoms with Gasteiger partial charge in [0.25, 0.3) is 0 Å². The van der Waals surface area contributed by atoms with Gasteiger partial charge in [0.05, 0.1) is 34.2 Å². The SMILES string of the molecule is CNc1cnc(Nc2ncc(C#N)cc2Cl)cc1NCC#N. The van der Waals surface area contributed by atoms with E-state index in [0.29, 0.717) is 22.2 Å². The second kappa shape index (κ2) is 7.11. The number of anilines is 4. The molecule has 0 aliphatic heterocycles. The molecule has 0 unspecified atom stereocenters. The summed E-state index contributed by atoms with van der Waals surface area (Å²) in [7, 11) is 1.76. The first-order valence-corrected chi connectivity index (χ1v) is 6.67. The van der Waals surface area contributed by atoms with Gasteiger partial charge in [-0.3, -0.25) is 0 Å². The van der Waals surface area contributed by atoms with E-state index in [0.717, 1.165) is 11.4 Å². The van der Waals surface area contributed by atoms with Gasteiger partial charge < -0.3 is 16.0 Å². The molecule has 3 N–H and O–H groups in total. The second-order valence-corrected chi connectivity index (χ2v) is 4.58. The van der Waals surface area contributed by atoms with Crippen molar-refractivity contribution in [2.75, 3.05) is 29.5 Å². The average Bonchev–Trinajstić information content (AvgIpc) is 2.55. The molecule has 2 aromatic heterocycles. The summed E-state index contributed by atoms with van der Waals surface area (Å²) in [5, 5.41) is 26.7. The Balaban J connectivity index is 2.26. The Morgan fingerprint density at radius 1 is 1.18 bits per heavy atom. The maximum absolute atomic E-state index is 8.80. The van der Waals surface area contributed by atoms with Crippen LogP contribution in [0.2, 0.25) is 5.02 Å². The minimum atomic E-state index is 0.175. The van der Waals surface area contributed by atoms with Gasteiger partial charge in [-0.25, -0.2) is 9.97 Å². The monoisotopic (exact) mass is 313 g/mol. The van der Waals surface area contributed by atoms with E-state index < -0.39 is 0 Å². The zero-order valence-corrected chi connectivity index (χ0v) is 12.4. The predicted octanol–water partition coefficient (Wildman–Crippen LogP) is 2.72. The molecule has 0 saturated heterocycles. The molecule has 7 nitrogen and oxygen atoms in total. The fourth-order valence-electron chi connectivity index (χ4n) is 1.72. The van der Waals surface area contributed by atoms with Gasteiger partial charge in [0.2, 0.25) is 0 Å². The summed E-state index contributed by atoms with van der Waals surface area (Å²) in [6.45, 7) is 0.175. The molecular weight excluding hydrogens is 302 g/mol. The molecule has 0 aliphatic rings. The van der Waals surface area contributed by atoms with E-state index in [1.54, 1.807) is 19.3 Å². The number of hydrogen-bond acceptors (Lipinski definition) is 7. The van der Waals surface area contributed by atoms with Crippen LogP contribution in [0.4, 0.5) is 23.0 Å². The minimum Gasteiger partial charge on any atom is -0.385 e. The summed E-state index contributed by atoms with van der Waals surface area (Å²) in [5.74, 6) is 0.912. The van der Waals surface area contributed by atoms with Gasteiger partial charge in [-0.1, -0.05) is 11.6 Å². The third kappa shape index (κ3) is 3.54. The van der Waals surface area contributed by atoms with Gasteiger partial charge in [0.1, 0.15) is 24.2 Å². The lowest BCUT2D eigenvalue weighted by Gasteiger charge is -2.12. The van der Waals surface area contributed by atoms with Crippen molar-refractivity contribution in [2.24, 2.45) is 0 Å². The van der Waals surface area contributed by atoms with Gasteiger partial charge >= 0.3 is 0 Å². The molecule has 0 radical (unpaired) electrons. The molecule has 0 amide bonds. The van der Waals surface area contributed by atoms with Crippen molar-refractivity contribution in [1.82, 2.24) is 9.97 Å². The van der Waals surface area contributed by atoms with Gasteiger partial charge in [-0.15, -0.1) is 0 Å². The molecular formula is C14H12ClN7. The highest BCUT2D eigenvalue weighted by molar-refractivity contribution is 6.33. The molecule has 8 heteroatoms. The number of hydrogen-bond donors (Lipinski definition) is 3. The van der Waals surface area contributed by atoms with Gasteiger partial charge in [0, 0.05) is 19.3 Å². The topological polar surface area (TPSA) is 109 Å². The maximum atomic E-state index is 8.80. The largest absolute Gasteiger partial charge is 0.385 e. The van der Waals surface area contributed by atoms with Crippen LogP contribution in [0.15, 0.2) is 24.5 Å². The summed E-state index contributed by atoms with van der Waals surface area (Å²) in [6.07, 6.45) is 3.05. The molecule has 110 valence electrons.